The molecule has 3 heteroatoms. The van der Waals surface area contributed by atoms with Gasteiger partial charge in [0.25, 0.3) is 0 Å². The molecule has 0 spiro atoms. The average molecular weight is 226 g/mol. The maximum Gasteiger partial charge on any atom is 0.185 e. The second-order valence-corrected chi connectivity index (χ2v) is 3.61. The van der Waals surface area contributed by atoms with Crippen LogP contribution in [0.1, 0.15) is 12.5 Å². The molecule has 0 N–H and O–H groups in total. The predicted molar refractivity (Wildman–Crippen MR) is 51.7 cm³/mol. The summed E-state index contributed by atoms with van der Waals surface area (Å²) in [6.45, 7) is 2.50. The van der Waals surface area contributed by atoms with E-state index in [9.17, 15) is 0 Å². The van der Waals surface area contributed by atoms with Crippen molar-refractivity contribution in [3.63, 3.8) is 0 Å². The maximum atomic E-state index is 5.29. The highest BCUT2D eigenvalue weighted by atomic mass is 79.9. The lowest BCUT2D eigenvalue weighted by atomic mass is 10.2. The third-order valence-corrected chi connectivity index (χ3v) is 2.25. The molecule has 2 nitrogen and oxygen atoms in total. The van der Waals surface area contributed by atoms with E-state index in [4.69, 9.17) is 4.74 Å². The summed E-state index contributed by atoms with van der Waals surface area (Å²) >= 11 is 3.40. The minimum absolute atomic E-state index is 0.629. The number of rotatable bonds is 0. The molecule has 0 saturated carbocycles. The number of nitrogens with zero attached hydrogens (tertiary/aromatic N) is 1. The molecule has 2 rings (SSSR count). The van der Waals surface area contributed by atoms with Gasteiger partial charge in [-0.1, -0.05) is 15.9 Å². The summed E-state index contributed by atoms with van der Waals surface area (Å²) in [5.74, 6) is 0.741. The first-order valence-electron chi connectivity index (χ1n) is 3.72. The Hall–Kier alpha value is -0.830. The Bertz CT molecular complexity index is 346. The van der Waals surface area contributed by atoms with E-state index in [1.54, 1.807) is 0 Å². The number of halogens is 1. The largest absolute Gasteiger partial charge is 0.476 e. The van der Waals surface area contributed by atoms with Crippen molar-refractivity contribution in [2.75, 3.05) is 0 Å². The Morgan fingerprint density at radius 2 is 2.33 bits per heavy atom. The second kappa shape index (κ2) is 2.90. The van der Waals surface area contributed by atoms with Crippen molar-refractivity contribution < 1.29 is 4.74 Å². The van der Waals surface area contributed by atoms with Crippen molar-refractivity contribution in [3.05, 3.63) is 28.2 Å². The van der Waals surface area contributed by atoms with Gasteiger partial charge in [0.05, 0.1) is 5.69 Å². The highest BCUT2D eigenvalue weighted by Gasteiger charge is 2.09. The van der Waals surface area contributed by atoms with Crippen LogP contribution < -0.4 is 0 Å². The van der Waals surface area contributed by atoms with Gasteiger partial charge in [0.2, 0.25) is 0 Å². The molecule has 0 amide bonds. The van der Waals surface area contributed by atoms with Gasteiger partial charge in [-0.3, -0.25) is 0 Å². The van der Waals surface area contributed by atoms with Crippen LogP contribution in [-0.4, -0.2) is 5.90 Å². The molecule has 0 fully saturated rings. The van der Waals surface area contributed by atoms with Crippen LogP contribution >= 0.6 is 15.9 Å². The van der Waals surface area contributed by atoms with E-state index in [1.165, 1.54) is 0 Å². The van der Waals surface area contributed by atoms with Crippen LogP contribution in [0.4, 0.5) is 5.69 Å². The fourth-order valence-corrected chi connectivity index (χ4v) is 1.57. The number of fused-ring (bicyclic) bond motifs is 1. The molecule has 0 radical (unpaired) electrons. The molecule has 0 bridgehead atoms. The molecule has 1 aliphatic rings. The van der Waals surface area contributed by atoms with Crippen molar-refractivity contribution in [3.8, 4) is 0 Å². The van der Waals surface area contributed by atoms with Gasteiger partial charge in [-0.2, -0.15) is 0 Å². The van der Waals surface area contributed by atoms with Crippen LogP contribution in [0.5, 0.6) is 0 Å². The maximum absolute atomic E-state index is 5.29. The van der Waals surface area contributed by atoms with Crippen molar-refractivity contribution in [2.45, 2.75) is 13.5 Å². The summed E-state index contributed by atoms with van der Waals surface area (Å²) in [6.07, 6.45) is 0. The van der Waals surface area contributed by atoms with Gasteiger partial charge < -0.3 is 4.74 Å². The van der Waals surface area contributed by atoms with Gasteiger partial charge in [-0.25, -0.2) is 4.99 Å². The Kier molecular flexibility index (Phi) is 1.89. The topological polar surface area (TPSA) is 21.6 Å². The molecule has 1 heterocycles. The monoisotopic (exact) mass is 225 g/mol. The molecular formula is C9H8BrNO. The second-order valence-electron chi connectivity index (χ2n) is 2.69. The van der Waals surface area contributed by atoms with E-state index >= 15 is 0 Å². The van der Waals surface area contributed by atoms with Crippen molar-refractivity contribution in [2.24, 2.45) is 4.99 Å². The van der Waals surface area contributed by atoms with Gasteiger partial charge in [0.15, 0.2) is 5.90 Å². The van der Waals surface area contributed by atoms with Crippen LogP contribution in [0.2, 0.25) is 0 Å². The lowest BCUT2D eigenvalue weighted by Gasteiger charge is -2.14. The summed E-state index contributed by atoms with van der Waals surface area (Å²) in [5.41, 5.74) is 2.15. The molecule has 0 aromatic heterocycles. The van der Waals surface area contributed by atoms with E-state index in [0.717, 1.165) is 21.6 Å². The molecule has 0 unspecified atom stereocenters. The van der Waals surface area contributed by atoms with Crippen LogP contribution in [0.25, 0.3) is 0 Å². The fraction of sp³-hybridized carbons (Fsp3) is 0.222. The van der Waals surface area contributed by atoms with Crippen LogP contribution in [0, 0.1) is 0 Å². The minimum atomic E-state index is 0.629. The Morgan fingerprint density at radius 1 is 1.50 bits per heavy atom. The number of hydrogen-bond donors (Lipinski definition) is 0. The summed E-state index contributed by atoms with van der Waals surface area (Å²) in [6, 6.07) is 6.01. The Balaban J connectivity index is 2.51. The average Bonchev–Trinajstić information content (AvgIpc) is 2.05. The molecule has 12 heavy (non-hydrogen) atoms. The lowest BCUT2D eigenvalue weighted by molar-refractivity contribution is 0.284. The van der Waals surface area contributed by atoms with Crippen LogP contribution in [0.15, 0.2) is 27.7 Å². The SMILES string of the molecule is CC1=Nc2ccc(Br)cc2CO1. The smallest absolute Gasteiger partial charge is 0.185 e. The first kappa shape index (κ1) is 7.80. The van der Waals surface area contributed by atoms with Crippen molar-refractivity contribution >= 4 is 27.5 Å². The number of aliphatic imine (C=N–C) groups is 1. The number of hydrogen-bond acceptors (Lipinski definition) is 2. The molecule has 1 aromatic rings. The zero-order valence-corrected chi connectivity index (χ0v) is 8.26. The summed E-state index contributed by atoms with van der Waals surface area (Å²) in [5, 5.41) is 0. The molecular weight excluding hydrogens is 218 g/mol. The van der Waals surface area contributed by atoms with Crippen molar-refractivity contribution in [1.82, 2.24) is 0 Å². The number of benzene rings is 1. The molecule has 0 saturated heterocycles. The quantitative estimate of drug-likeness (QED) is 0.666. The molecule has 0 atom stereocenters. The summed E-state index contributed by atoms with van der Waals surface area (Å²) in [7, 11) is 0. The zero-order chi connectivity index (χ0) is 8.55. The first-order valence-corrected chi connectivity index (χ1v) is 4.51. The standard InChI is InChI=1S/C9H8BrNO/c1-6-11-9-3-2-8(10)4-7(9)5-12-6/h2-4H,5H2,1H3. The lowest BCUT2D eigenvalue weighted by Crippen LogP contribution is -2.04. The highest BCUT2D eigenvalue weighted by Crippen LogP contribution is 2.27. The van der Waals surface area contributed by atoms with E-state index < -0.39 is 0 Å². The van der Waals surface area contributed by atoms with E-state index in [0.29, 0.717) is 6.61 Å². The van der Waals surface area contributed by atoms with Gasteiger partial charge in [0.1, 0.15) is 6.61 Å². The van der Waals surface area contributed by atoms with Gasteiger partial charge in [-0.05, 0) is 18.2 Å². The van der Waals surface area contributed by atoms with Gasteiger partial charge >= 0.3 is 0 Å². The highest BCUT2D eigenvalue weighted by molar-refractivity contribution is 9.10. The molecule has 1 aliphatic heterocycles. The van der Waals surface area contributed by atoms with Crippen LogP contribution in [-0.2, 0) is 11.3 Å². The zero-order valence-electron chi connectivity index (χ0n) is 6.67. The van der Waals surface area contributed by atoms with E-state index in [1.807, 2.05) is 25.1 Å². The van der Waals surface area contributed by atoms with Crippen LogP contribution in [0.3, 0.4) is 0 Å². The fourth-order valence-electron chi connectivity index (χ4n) is 1.16. The van der Waals surface area contributed by atoms with E-state index in [-0.39, 0.29) is 0 Å². The first-order chi connectivity index (χ1) is 5.75. The predicted octanol–water partition coefficient (Wildman–Crippen LogP) is 3.03. The molecule has 1 aromatic carbocycles. The number of ether oxygens (including phenoxy) is 1. The summed E-state index contributed by atoms with van der Waals surface area (Å²) in [4.78, 5) is 4.26. The minimum Gasteiger partial charge on any atom is -0.476 e. The van der Waals surface area contributed by atoms with E-state index in [2.05, 4.69) is 20.9 Å². The normalized spacial score (nSPS) is 14.7. The van der Waals surface area contributed by atoms with Crippen molar-refractivity contribution in [1.29, 1.82) is 0 Å². The molecule has 62 valence electrons. The third kappa shape index (κ3) is 1.37. The van der Waals surface area contributed by atoms with Gasteiger partial charge in [-0.15, -0.1) is 0 Å². The molecule has 0 aliphatic carbocycles. The Labute approximate surface area is 79.4 Å². The van der Waals surface area contributed by atoms with Gasteiger partial charge in [0, 0.05) is 17.0 Å². The third-order valence-electron chi connectivity index (χ3n) is 1.76. The summed E-state index contributed by atoms with van der Waals surface area (Å²) < 4.78 is 6.36. The Morgan fingerprint density at radius 3 is 3.17 bits per heavy atom.